The lowest BCUT2D eigenvalue weighted by molar-refractivity contribution is -0.127. The molecule has 100 valence electrons. The summed E-state index contributed by atoms with van der Waals surface area (Å²) in [6.07, 6.45) is 0. The summed E-state index contributed by atoms with van der Waals surface area (Å²) >= 11 is 0. The number of carbonyl (C=O) groups is 1. The molecule has 0 fully saturated rings. The van der Waals surface area contributed by atoms with Crippen LogP contribution in [0.25, 0.3) is 0 Å². The van der Waals surface area contributed by atoms with Gasteiger partial charge in [0, 0.05) is 0 Å². The van der Waals surface area contributed by atoms with Gasteiger partial charge < -0.3 is 15.8 Å². The van der Waals surface area contributed by atoms with E-state index in [9.17, 15) is 13.6 Å². The number of hydrogen-bond acceptors (Lipinski definition) is 3. The van der Waals surface area contributed by atoms with Crippen LogP contribution in [0.4, 0.5) is 8.78 Å². The highest BCUT2D eigenvalue weighted by Crippen LogP contribution is 2.08. The van der Waals surface area contributed by atoms with Crippen LogP contribution in [-0.2, 0) is 16.1 Å². The number of ether oxygens (including phenoxy) is 1. The zero-order valence-corrected chi connectivity index (χ0v) is 9.86. The van der Waals surface area contributed by atoms with E-state index in [-0.39, 0.29) is 13.2 Å². The zero-order chi connectivity index (χ0) is 13.4. The second-order valence-electron chi connectivity index (χ2n) is 3.82. The highest BCUT2D eigenvalue weighted by molar-refractivity contribution is 5.77. The molecule has 0 bridgehead atoms. The highest BCUT2D eigenvalue weighted by atomic mass is 19.3. The summed E-state index contributed by atoms with van der Waals surface area (Å²) in [7, 11) is 0. The third kappa shape index (κ3) is 5.70. The van der Waals surface area contributed by atoms with E-state index in [4.69, 9.17) is 10.5 Å². The van der Waals surface area contributed by atoms with Gasteiger partial charge in [0.15, 0.2) is 0 Å². The molecule has 1 amide bonds. The third-order valence-electron chi connectivity index (χ3n) is 2.19. The number of nitrogens with one attached hydrogen (secondary N) is 1. The smallest absolute Gasteiger partial charge is 0.277 e. The first-order chi connectivity index (χ1) is 8.53. The van der Waals surface area contributed by atoms with Crippen molar-refractivity contribution in [2.45, 2.75) is 12.5 Å². The van der Waals surface area contributed by atoms with Gasteiger partial charge in [-0.3, -0.25) is 4.79 Å². The molecule has 1 rings (SSSR count). The number of halogens is 2. The minimum absolute atomic E-state index is 0.254. The first-order valence-electron chi connectivity index (χ1n) is 5.50. The molecule has 0 atom stereocenters. The zero-order valence-electron chi connectivity index (χ0n) is 9.86. The Hall–Kier alpha value is -1.53. The molecule has 0 heterocycles. The fourth-order valence-corrected chi connectivity index (χ4v) is 1.19. The van der Waals surface area contributed by atoms with Gasteiger partial charge in [0.05, 0.1) is 19.7 Å². The van der Waals surface area contributed by atoms with E-state index in [2.05, 4.69) is 5.32 Å². The Kier molecular flexibility index (Phi) is 5.67. The molecule has 0 spiro atoms. The van der Waals surface area contributed by atoms with Crippen LogP contribution in [0.15, 0.2) is 30.3 Å². The van der Waals surface area contributed by atoms with E-state index in [1.807, 2.05) is 30.3 Å². The summed E-state index contributed by atoms with van der Waals surface area (Å²) in [6.45, 7) is -1.55. The third-order valence-corrected chi connectivity index (χ3v) is 2.19. The SMILES string of the molecule is NCC(F)(F)CNC(=O)COCc1ccccc1. The molecule has 0 radical (unpaired) electrons. The molecule has 6 heteroatoms. The Balaban J connectivity index is 2.18. The van der Waals surface area contributed by atoms with E-state index >= 15 is 0 Å². The monoisotopic (exact) mass is 258 g/mol. The van der Waals surface area contributed by atoms with Gasteiger partial charge in [-0.25, -0.2) is 8.78 Å². The number of amides is 1. The van der Waals surface area contributed by atoms with Gasteiger partial charge in [-0.15, -0.1) is 0 Å². The van der Waals surface area contributed by atoms with Crippen LogP contribution < -0.4 is 11.1 Å². The molecule has 3 N–H and O–H groups in total. The number of hydrogen-bond donors (Lipinski definition) is 2. The summed E-state index contributed by atoms with van der Waals surface area (Å²) < 4.78 is 30.5. The molecule has 1 aromatic rings. The van der Waals surface area contributed by atoms with Crippen LogP contribution in [-0.4, -0.2) is 31.5 Å². The van der Waals surface area contributed by atoms with Crippen molar-refractivity contribution in [1.29, 1.82) is 0 Å². The van der Waals surface area contributed by atoms with Crippen molar-refractivity contribution < 1.29 is 18.3 Å². The molecule has 4 nitrogen and oxygen atoms in total. The summed E-state index contributed by atoms with van der Waals surface area (Å²) in [5.41, 5.74) is 5.75. The minimum Gasteiger partial charge on any atom is -0.367 e. The Morgan fingerprint density at radius 1 is 1.33 bits per heavy atom. The van der Waals surface area contributed by atoms with Gasteiger partial charge in [0.2, 0.25) is 5.91 Å². The van der Waals surface area contributed by atoms with E-state index < -0.39 is 24.9 Å². The molecule has 0 saturated carbocycles. The first-order valence-corrected chi connectivity index (χ1v) is 5.50. The van der Waals surface area contributed by atoms with Gasteiger partial charge in [-0.05, 0) is 5.56 Å². The number of carbonyl (C=O) groups excluding carboxylic acids is 1. The minimum atomic E-state index is -3.07. The predicted octanol–water partition coefficient (Wildman–Crippen LogP) is 0.913. The molecule has 18 heavy (non-hydrogen) atoms. The predicted molar refractivity (Wildman–Crippen MR) is 63.1 cm³/mol. The van der Waals surface area contributed by atoms with Crippen molar-refractivity contribution in [2.24, 2.45) is 5.73 Å². The van der Waals surface area contributed by atoms with E-state index in [0.717, 1.165) is 5.56 Å². The maximum absolute atomic E-state index is 12.7. The lowest BCUT2D eigenvalue weighted by Crippen LogP contribution is -2.42. The van der Waals surface area contributed by atoms with E-state index in [1.165, 1.54) is 0 Å². The lowest BCUT2D eigenvalue weighted by atomic mass is 10.2. The molecular weight excluding hydrogens is 242 g/mol. The van der Waals surface area contributed by atoms with Crippen molar-refractivity contribution in [3.05, 3.63) is 35.9 Å². The molecular formula is C12H16F2N2O2. The van der Waals surface area contributed by atoms with Gasteiger partial charge in [-0.2, -0.15) is 0 Å². The highest BCUT2D eigenvalue weighted by Gasteiger charge is 2.26. The van der Waals surface area contributed by atoms with E-state index in [1.54, 1.807) is 0 Å². The first kappa shape index (κ1) is 14.5. The fourth-order valence-electron chi connectivity index (χ4n) is 1.19. The molecule has 0 saturated heterocycles. The Morgan fingerprint density at radius 2 is 2.00 bits per heavy atom. The normalized spacial score (nSPS) is 11.3. The summed E-state index contributed by atoms with van der Waals surface area (Å²) in [4.78, 5) is 11.2. The van der Waals surface area contributed by atoms with Crippen LogP contribution in [0.2, 0.25) is 0 Å². The van der Waals surface area contributed by atoms with Crippen LogP contribution in [0.3, 0.4) is 0 Å². The maximum atomic E-state index is 12.7. The van der Waals surface area contributed by atoms with Crippen molar-refractivity contribution in [2.75, 3.05) is 19.7 Å². The van der Waals surface area contributed by atoms with Gasteiger partial charge in [-0.1, -0.05) is 30.3 Å². The second kappa shape index (κ2) is 7.03. The van der Waals surface area contributed by atoms with Crippen molar-refractivity contribution >= 4 is 5.91 Å². The number of alkyl halides is 2. The standard InChI is InChI=1S/C12H16F2N2O2/c13-12(14,8-15)9-16-11(17)7-18-6-10-4-2-1-3-5-10/h1-5H,6-9,15H2,(H,16,17). The van der Waals surface area contributed by atoms with Crippen LogP contribution in [0.1, 0.15) is 5.56 Å². The molecule has 1 aromatic carbocycles. The summed E-state index contributed by atoms with van der Waals surface area (Å²) in [5, 5.41) is 2.07. The number of nitrogens with two attached hydrogens (primary N) is 1. The Morgan fingerprint density at radius 3 is 2.61 bits per heavy atom. The summed E-state index contributed by atoms with van der Waals surface area (Å²) in [6, 6.07) is 9.26. The topological polar surface area (TPSA) is 64.3 Å². The van der Waals surface area contributed by atoms with Crippen molar-refractivity contribution in [3.63, 3.8) is 0 Å². The van der Waals surface area contributed by atoms with Crippen LogP contribution in [0.5, 0.6) is 0 Å². The van der Waals surface area contributed by atoms with Crippen LogP contribution >= 0.6 is 0 Å². The van der Waals surface area contributed by atoms with E-state index in [0.29, 0.717) is 0 Å². The maximum Gasteiger partial charge on any atom is 0.277 e. The summed E-state index contributed by atoms with van der Waals surface area (Å²) in [5.74, 6) is -3.66. The molecule has 0 aromatic heterocycles. The lowest BCUT2D eigenvalue weighted by Gasteiger charge is -2.14. The Labute approximate surface area is 104 Å². The molecule has 0 aliphatic heterocycles. The molecule has 0 aliphatic carbocycles. The average molecular weight is 258 g/mol. The second-order valence-corrected chi connectivity index (χ2v) is 3.82. The number of benzene rings is 1. The molecule has 0 unspecified atom stereocenters. The van der Waals surface area contributed by atoms with Crippen molar-refractivity contribution in [3.8, 4) is 0 Å². The molecule has 0 aliphatic rings. The largest absolute Gasteiger partial charge is 0.367 e. The average Bonchev–Trinajstić information content (AvgIpc) is 2.38. The van der Waals surface area contributed by atoms with Gasteiger partial charge >= 0.3 is 0 Å². The van der Waals surface area contributed by atoms with Crippen LogP contribution in [0, 0.1) is 0 Å². The quantitative estimate of drug-likeness (QED) is 0.764. The van der Waals surface area contributed by atoms with Gasteiger partial charge in [0.25, 0.3) is 5.92 Å². The van der Waals surface area contributed by atoms with Gasteiger partial charge in [0.1, 0.15) is 6.61 Å². The van der Waals surface area contributed by atoms with Crippen molar-refractivity contribution in [1.82, 2.24) is 5.32 Å². The Bertz CT molecular complexity index is 372. The number of rotatable bonds is 7. The fraction of sp³-hybridized carbons (Fsp3) is 0.417.